The SMILES string of the molecule is OCc1cccc(SC(F)(F)F)c1. The molecule has 0 aliphatic heterocycles. The first kappa shape index (κ1) is 10.4. The number of halogens is 3. The Labute approximate surface area is 77.6 Å². The molecule has 72 valence electrons. The third-order valence-corrected chi connectivity index (χ3v) is 2.04. The Hall–Kier alpha value is -0.680. The van der Waals surface area contributed by atoms with Gasteiger partial charge < -0.3 is 5.11 Å². The van der Waals surface area contributed by atoms with E-state index in [9.17, 15) is 13.2 Å². The number of rotatable bonds is 2. The monoisotopic (exact) mass is 208 g/mol. The molecular formula is C8H7F3OS. The number of hydrogen-bond donors (Lipinski definition) is 1. The van der Waals surface area contributed by atoms with Crippen LogP contribution in [0, 0.1) is 0 Å². The van der Waals surface area contributed by atoms with Crippen LogP contribution in [0.15, 0.2) is 29.2 Å². The molecule has 0 saturated heterocycles. The Morgan fingerprint density at radius 3 is 2.54 bits per heavy atom. The lowest BCUT2D eigenvalue weighted by molar-refractivity contribution is -0.0328. The highest BCUT2D eigenvalue weighted by atomic mass is 32.2. The van der Waals surface area contributed by atoms with Crippen molar-refractivity contribution in [3.8, 4) is 0 Å². The fourth-order valence-corrected chi connectivity index (χ4v) is 1.47. The molecule has 0 aliphatic rings. The van der Waals surface area contributed by atoms with Crippen molar-refractivity contribution in [3.05, 3.63) is 29.8 Å². The second kappa shape index (κ2) is 4.02. The van der Waals surface area contributed by atoms with Gasteiger partial charge in [0.2, 0.25) is 0 Å². The molecule has 0 atom stereocenters. The van der Waals surface area contributed by atoms with Gasteiger partial charge in [-0.3, -0.25) is 0 Å². The average Bonchev–Trinajstić information content (AvgIpc) is 2.01. The maximum Gasteiger partial charge on any atom is 0.446 e. The van der Waals surface area contributed by atoms with E-state index in [1.54, 1.807) is 6.07 Å². The summed E-state index contributed by atoms with van der Waals surface area (Å²) in [6.07, 6.45) is 0. The Balaban J connectivity index is 2.78. The van der Waals surface area contributed by atoms with Gasteiger partial charge in [-0.05, 0) is 29.5 Å². The maximum absolute atomic E-state index is 11.9. The summed E-state index contributed by atoms with van der Waals surface area (Å²) in [5.41, 5.74) is -3.79. The van der Waals surface area contributed by atoms with E-state index in [1.807, 2.05) is 0 Å². The zero-order valence-corrected chi connectivity index (χ0v) is 7.32. The highest BCUT2D eigenvalue weighted by Crippen LogP contribution is 2.36. The van der Waals surface area contributed by atoms with Crippen LogP contribution in [-0.2, 0) is 6.61 Å². The quantitative estimate of drug-likeness (QED) is 0.754. The van der Waals surface area contributed by atoms with E-state index < -0.39 is 5.51 Å². The third kappa shape index (κ3) is 3.69. The number of aliphatic hydroxyl groups is 1. The van der Waals surface area contributed by atoms with Gasteiger partial charge in [0, 0.05) is 4.90 Å². The van der Waals surface area contributed by atoms with Crippen LogP contribution in [0.2, 0.25) is 0 Å². The summed E-state index contributed by atoms with van der Waals surface area (Å²) in [5.74, 6) is 0. The van der Waals surface area contributed by atoms with Crippen molar-refractivity contribution in [1.82, 2.24) is 0 Å². The molecular weight excluding hydrogens is 201 g/mol. The van der Waals surface area contributed by atoms with E-state index in [1.165, 1.54) is 18.2 Å². The lowest BCUT2D eigenvalue weighted by Crippen LogP contribution is -1.99. The second-order valence-corrected chi connectivity index (χ2v) is 3.49. The van der Waals surface area contributed by atoms with E-state index in [-0.39, 0.29) is 23.3 Å². The molecule has 0 radical (unpaired) electrons. The minimum atomic E-state index is -4.27. The van der Waals surface area contributed by atoms with Gasteiger partial charge in [0.25, 0.3) is 0 Å². The van der Waals surface area contributed by atoms with Gasteiger partial charge in [0.05, 0.1) is 6.61 Å². The maximum atomic E-state index is 11.9. The molecule has 1 N–H and O–H groups in total. The molecule has 13 heavy (non-hydrogen) atoms. The summed E-state index contributed by atoms with van der Waals surface area (Å²) in [6.45, 7) is -0.244. The van der Waals surface area contributed by atoms with Crippen molar-refractivity contribution in [2.24, 2.45) is 0 Å². The van der Waals surface area contributed by atoms with E-state index >= 15 is 0 Å². The summed E-state index contributed by atoms with van der Waals surface area (Å²) in [6, 6.07) is 5.73. The number of hydrogen-bond acceptors (Lipinski definition) is 2. The molecule has 1 aromatic rings. The summed E-state index contributed by atoms with van der Waals surface area (Å²) in [7, 11) is 0. The molecule has 1 aromatic carbocycles. The fraction of sp³-hybridized carbons (Fsp3) is 0.250. The summed E-state index contributed by atoms with van der Waals surface area (Å²) < 4.78 is 35.6. The highest BCUT2D eigenvalue weighted by Gasteiger charge is 2.29. The minimum Gasteiger partial charge on any atom is -0.392 e. The molecule has 0 fully saturated rings. The van der Waals surface area contributed by atoms with Crippen molar-refractivity contribution < 1.29 is 18.3 Å². The lowest BCUT2D eigenvalue weighted by Gasteiger charge is -2.05. The molecule has 5 heteroatoms. The van der Waals surface area contributed by atoms with Gasteiger partial charge in [-0.15, -0.1) is 0 Å². The smallest absolute Gasteiger partial charge is 0.392 e. The van der Waals surface area contributed by atoms with Crippen molar-refractivity contribution in [1.29, 1.82) is 0 Å². The first-order valence-electron chi connectivity index (χ1n) is 3.47. The summed E-state index contributed by atoms with van der Waals surface area (Å²) in [5, 5.41) is 8.67. The summed E-state index contributed by atoms with van der Waals surface area (Å²) in [4.78, 5) is 0.0963. The van der Waals surface area contributed by atoms with Gasteiger partial charge in [0.1, 0.15) is 0 Å². The van der Waals surface area contributed by atoms with Crippen molar-refractivity contribution in [2.75, 3.05) is 0 Å². The van der Waals surface area contributed by atoms with Crippen LogP contribution in [0.1, 0.15) is 5.56 Å². The van der Waals surface area contributed by atoms with Gasteiger partial charge in [-0.2, -0.15) is 13.2 Å². The van der Waals surface area contributed by atoms with E-state index in [4.69, 9.17) is 5.11 Å². The average molecular weight is 208 g/mol. The number of aliphatic hydroxyl groups excluding tert-OH is 1. The van der Waals surface area contributed by atoms with E-state index in [0.29, 0.717) is 5.56 Å². The first-order valence-corrected chi connectivity index (χ1v) is 4.28. The van der Waals surface area contributed by atoms with Crippen LogP contribution in [0.25, 0.3) is 0 Å². The van der Waals surface area contributed by atoms with Crippen LogP contribution < -0.4 is 0 Å². The topological polar surface area (TPSA) is 20.2 Å². The molecule has 0 aromatic heterocycles. The predicted molar refractivity (Wildman–Crippen MR) is 44.3 cm³/mol. The Morgan fingerprint density at radius 2 is 2.00 bits per heavy atom. The molecule has 1 nitrogen and oxygen atoms in total. The van der Waals surface area contributed by atoms with E-state index in [0.717, 1.165) is 0 Å². The van der Waals surface area contributed by atoms with E-state index in [2.05, 4.69) is 0 Å². The van der Waals surface area contributed by atoms with Gasteiger partial charge in [-0.1, -0.05) is 12.1 Å². The Kier molecular flexibility index (Phi) is 3.22. The van der Waals surface area contributed by atoms with Crippen molar-refractivity contribution in [2.45, 2.75) is 17.0 Å². The molecule has 0 unspecified atom stereocenters. The van der Waals surface area contributed by atoms with Crippen molar-refractivity contribution >= 4 is 11.8 Å². The number of benzene rings is 1. The normalized spacial score (nSPS) is 11.7. The predicted octanol–water partition coefficient (Wildman–Crippen LogP) is 2.79. The van der Waals surface area contributed by atoms with Crippen LogP contribution in [-0.4, -0.2) is 10.6 Å². The number of alkyl halides is 3. The molecule has 0 aliphatic carbocycles. The number of thioether (sulfide) groups is 1. The minimum absolute atomic E-state index is 0.0963. The standard InChI is InChI=1S/C8H7F3OS/c9-8(10,11)13-7-3-1-2-6(4-7)5-12/h1-4,12H,5H2. The molecule has 0 spiro atoms. The molecule has 0 heterocycles. The van der Waals surface area contributed by atoms with Crippen molar-refractivity contribution in [3.63, 3.8) is 0 Å². The van der Waals surface area contributed by atoms with Crippen LogP contribution >= 0.6 is 11.8 Å². The van der Waals surface area contributed by atoms with Crippen LogP contribution in [0.3, 0.4) is 0 Å². The largest absolute Gasteiger partial charge is 0.446 e. The summed E-state index contributed by atoms with van der Waals surface area (Å²) >= 11 is -0.181. The zero-order chi connectivity index (χ0) is 9.90. The Morgan fingerprint density at radius 1 is 1.31 bits per heavy atom. The molecule has 1 rings (SSSR count). The fourth-order valence-electron chi connectivity index (χ4n) is 0.841. The van der Waals surface area contributed by atoms with Gasteiger partial charge >= 0.3 is 5.51 Å². The Bertz CT molecular complexity index is 285. The van der Waals surface area contributed by atoms with Crippen LogP contribution in [0.5, 0.6) is 0 Å². The lowest BCUT2D eigenvalue weighted by atomic mass is 10.2. The zero-order valence-electron chi connectivity index (χ0n) is 6.51. The molecule has 0 saturated carbocycles. The van der Waals surface area contributed by atoms with Gasteiger partial charge in [-0.25, -0.2) is 0 Å². The van der Waals surface area contributed by atoms with Gasteiger partial charge in [0.15, 0.2) is 0 Å². The molecule has 0 bridgehead atoms. The second-order valence-electron chi connectivity index (χ2n) is 2.35. The first-order chi connectivity index (χ1) is 6.01. The third-order valence-electron chi connectivity index (χ3n) is 1.31. The molecule has 0 amide bonds. The highest BCUT2D eigenvalue weighted by molar-refractivity contribution is 8.00. The van der Waals surface area contributed by atoms with Crippen LogP contribution in [0.4, 0.5) is 13.2 Å².